The Morgan fingerprint density at radius 2 is 1.83 bits per heavy atom. The minimum Gasteiger partial charge on any atom is -0.349 e. The van der Waals surface area contributed by atoms with E-state index in [1.165, 1.54) is 12.4 Å². The molecule has 2 N–H and O–H groups in total. The molecule has 2 aromatic rings. The van der Waals surface area contributed by atoms with Crippen molar-refractivity contribution in [2.75, 3.05) is 5.32 Å². The zero-order valence-corrected chi connectivity index (χ0v) is 14.2. The van der Waals surface area contributed by atoms with Gasteiger partial charge in [0.1, 0.15) is 0 Å². The predicted octanol–water partition coefficient (Wildman–Crippen LogP) is 3.30. The molecule has 5 nitrogen and oxygen atoms in total. The van der Waals surface area contributed by atoms with E-state index >= 15 is 0 Å². The number of carbonyl (C=O) groups excluding carboxylic acids is 2. The molecule has 2 amide bonds. The van der Waals surface area contributed by atoms with Crippen molar-refractivity contribution in [3.63, 3.8) is 0 Å². The Morgan fingerprint density at radius 3 is 2.48 bits per heavy atom. The number of benzene rings is 1. The van der Waals surface area contributed by atoms with Crippen molar-refractivity contribution in [1.29, 1.82) is 0 Å². The fourth-order valence-corrected chi connectivity index (χ4v) is 2.44. The smallest absolute Gasteiger partial charge is 0.257 e. The Hall–Kier alpha value is -2.21. The van der Waals surface area contributed by atoms with Gasteiger partial charge in [-0.25, -0.2) is 0 Å². The maximum Gasteiger partial charge on any atom is 0.257 e. The Morgan fingerprint density at radius 1 is 1.13 bits per heavy atom. The van der Waals surface area contributed by atoms with Crippen LogP contribution in [0.1, 0.15) is 39.1 Å². The number of nitrogens with one attached hydrogen (secondary N) is 2. The average Bonchev–Trinajstić information content (AvgIpc) is 3.35. The molecule has 118 valence electrons. The molecule has 6 heteroatoms. The summed E-state index contributed by atoms with van der Waals surface area (Å²) in [5.74, 6) is -0.484. The summed E-state index contributed by atoms with van der Waals surface area (Å²) < 4.78 is 0.922. The van der Waals surface area contributed by atoms with Crippen LogP contribution in [0.15, 0.2) is 41.1 Å². The number of carbonyl (C=O) groups is 2. The van der Waals surface area contributed by atoms with E-state index in [9.17, 15) is 9.59 Å². The van der Waals surface area contributed by atoms with Gasteiger partial charge in [-0.2, -0.15) is 0 Å². The molecule has 3 rings (SSSR count). The molecule has 1 heterocycles. The quantitative estimate of drug-likeness (QED) is 0.863. The topological polar surface area (TPSA) is 71.1 Å². The van der Waals surface area contributed by atoms with Crippen LogP contribution < -0.4 is 10.6 Å². The lowest BCUT2D eigenvalue weighted by Gasteiger charge is -2.08. The van der Waals surface area contributed by atoms with Crippen LogP contribution in [0.25, 0.3) is 0 Å². The number of amides is 2. The highest BCUT2D eigenvalue weighted by Gasteiger charge is 2.24. The number of hydrogen-bond donors (Lipinski definition) is 2. The van der Waals surface area contributed by atoms with Crippen LogP contribution >= 0.6 is 15.9 Å². The van der Waals surface area contributed by atoms with E-state index in [2.05, 4.69) is 31.5 Å². The van der Waals surface area contributed by atoms with Crippen molar-refractivity contribution in [1.82, 2.24) is 10.3 Å². The lowest BCUT2D eigenvalue weighted by Crippen LogP contribution is -2.26. The summed E-state index contributed by atoms with van der Waals surface area (Å²) in [6.45, 7) is 1.97. The van der Waals surface area contributed by atoms with Gasteiger partial charge in [-0.05, 0) is 43.5 Å². The molecule has 1 aromatic carbocycles. The Balaban J connectivity index is 1.73. The predicted molar refractivity (Wildman–Crippen MR) is 91.6 cm³/mol. The maximum atomic E-state index is 12.3. The minimum atomic E-state index is -0.297. The molecule has 0 bridgehead atoms. The van der Waals surface area contributed by atoms with E-state index < -0.39 is 0 Å². The van der Waals surface area contributed by atoms with Crippen molar-refractivity contribution >= 4 is 33.4 Å². The molecule has 1 aliphatic rings. The summed E-state index contributed by atoms with van der Waals surface area (Å²) in [6, 6.07) is 7.41. The van der Waals surface area contributed by atoms with Gasteiger partial charge in [-0.3, -0.25) is 14.6 Å². The largest absolute Gasteiger partial charge is 0.349 e. The maximum absolute atomic E-state index is 12.3. The second-order valence-corrected chi connectivity index (χ2v) is 6.48. The Kier molecular flexibility index (Phi) is 4.43. The van der Waals surface area contributed by atoms with Crippen molar-refractivity contribution in [3.05, 3.63) is 57.8 Å². The number of pyridine rings is 1. The van der Waals surface area contributed by atoms with E-state index in [1.54, 1.807) is 6.07 Å². The van der Waals surface area contributed by atoms with Gasteiger partial charge < -0.3 is 10.6 Å². The summed E-state index contributed by atoms with van der Waals surface area (Å²) in [4.78, 5) is 28.3. The number of anilines is 1. The summed E-state index contributed by atoms with van der Waals surface area (Å²) in [6.07, 6.45) is 4.95. The lowest BCUT2D eigenvalue weighted by molar-refractivity contribution is 0.0950. The summed E-state index contributed by atoms with van der Waals surface area (Å²) in [7, 11) is 0. The second kappa shape index (κ2) is 6.50. The zero-order valence-electron chi connectivity index (χ0n) is 12.6. The van der Waals surface area contributed by atoms with Crippen molar-refractivity contribution in [3.8, 4) is 0 Å². The first-order valence-electron chi connectivity index (χ1n) is 7.36. The van der Waals surface area contributed by atoms with Gasteiger partial charge in [0.05, 0.1) is 11.1 Å². The van der Waals surface area contributed by atoms with E-state index in [-0.39, 0.29) is 17.9 Å². The molecule has 0 radical (unpaired) electrons. The standard InChI is InChI=1S/C17H16BrN3O2/c1-10-2-3-14(7-15(10)18)21-17(23)12-6-11(8-19-9-12)16(22)20-13-4-5-13/h2-3,6-9,13H,4-5H2,1H3,(H,20,22)(H,21,23). The highest BCUT2D eigenvalue weighted by atomic mass is 79.9. The Labute approximate surface area is 142 Å². The number of aromatic nitrogens is 1. The first-order valence-corrected chi connectivity index (χ1v) is 8.15. The van der Waals surface area contributed by atoms with Crippen LogP contribution in [0.2, 0.25) is 0 Å². The van der Waals surface area contributed by atoms with Crippen molar-refractivity contribution in [2.24, 2.45) is 0 Å². The Bertz CT molecular complexity index is 772. The van der Waals surface area contributed by atoms with Gasteiger partial charge in [0.15, 0.2) is 0 Å². The molecule has 23 heavy (non-hydrogen) atoms. The van der Waals surface area contributed by atoms with Crippen LogP contribution in [-0.2, 0) is 0 Å². The van der Waals surface area contributed by atoms with E-state index in [4.69, 9.17) is 0 Å². The number of aryl methyl sites for hydroxylation is 1. The molecule has 0 spiro atoms. The first kappa shape index (κ1) is 15.7. The molecule has 0 aliphatic heterocycles. The van der Waals surface area contributed by atoms with Crippen LogP contribution in [0.3, 0.4) is 0 Å². The number of hydrogen-bond acceptors (Lipinski definition) is 3. The molecule has 1 fully saturated rings. The molecule has 0 saturated heterocycles. The number of nitrogens with zero attached hydrogens (tertiary/aromatic N) is 1. The van der Waals surface area contributed by atoms with Gasteiger partial charge in [0, 0.05) is 28.6 Å². The van der Waals surface area contributed by atoms with Crippen LogP contribution in [0.5, 0.6) is 0 Å². The normalized spacial score (nSPS) is 13.5. The molecule has 1 aliphatic carbocycles. The summed E-state index contributed by atoms with van der Waals surface area (Å²) in [5.41, 5.74) is 2.52. The fraction of sp³-hybridized carbons (Fsp3) is 0.235. The van der Waals surface area contributed by atoms with Gasteiger partial charge in [0.2, 0.25) is 0 Å². The van der Waals surface area contributed by atoms with Crippen LogP contribution in [0.4, 0.5) is 5.69 Å². The van der Waals surface area contributed by atoms with Gasteiger partial charge >= 0.3 is 0 Å². The average molecular weight is 374 g/mol. The molecule has 1 saturated carbocycles. The van der Waals surface area contributed by atoms with Gasteiger partial charge in [0.25, 0.3) is 11.8 Å². The van der Waals surface area contributed by atoms with E-state index in [0.717, 1.165) is 22.9 Å². The summed E-state index contributed by atoms with van der Waals surface area (Å²) in [5, 5.41) is 5.69. The van der Waals surface area contributed by atoms with Crippen LogP contribution in [-0.4, -0.2) is 22.8 Å². The van der Waals surface area contributed by atoms with E-state index in [1.807, 2.05) is 25.1 Å². The van der Waals surface area contributed by atoms with E-state index in [0.29, 0.717) is 16.8 Å². The highest BCUT2D eigenvalue weighted by molar-refractivity contribution is 9.10. The third kappa shape index (κ3) is 3.96. The molecule has 0 unspecified atom stereocenters. The zero-order chi connectivity index (χ0) is 16.4. The molecule has 0 atom stereocenters. The monoisotopic (exact) mass is 373 g/mol. The van der Waals surface area contributed by atoms with Gasteiger partial charge in [-0.15, -0.1) is 0 Å². The van der Waals surface area contributed by atoms with Crippen LogP contribution in [0, 0.1) is 6.92 Å². The molecular weight excluding hydrogens is 358 g/mol. The highest BCUT2D eigenvalue weighted by Crippen LogP contribution is 2.21. The first-order chi connectivity index (χ1) is 11.0. The van der Waals surface area contributed by atoms with Crippen molar-refractivity contribution < 1.29 is 9.59 Å². The SMILES string of the molecule is Cc1ccc(NC(=O)c2cncc(C(=O)NC3CC3)c2)cc1Br. The minimum absolute atomic E-state index is 0.187. The summed E-state index contributed by atoms with van der Waals surface area (Å²) >= 11 is 3.44. The third-order valence-electron chi connectivity index (χ3n) is 3.60. The fourth-order valence-electron chi connectivity index (χ4n) is 2.06. The molecule has 1 aromatic heterocycles. The van der Waals surface area contributed by atoms with Gasteiger partial charge in [-0.1, -0.05) is 22.0 Å². The van der Waals surface area contributed by atoms with Crippen molar-refractivity contribution in [2.45, 2.75) is 25.8 Å². The molecular formula is C17H16BrN3O2. The third-order valence-corrected chi connectivity index (χ3v) is 4.46. The number of halogens is 1. The lowest BCUT2D eigenvalue weighted by atomic mass is 10.1. The number of rotatable bonds is 4. The second-order valence-electron chi connectivity index (χ2n) is 5.63.